The van der Waals surface area contributed by atoms with Gasteiger partial charge in [0.2, 0.25) is 5.75 Å². The predicted octanol–water partition coefficient (Wildman–Crippen LogP) is 2.28. The fourth-order valence-electron chi connectivity index (χ4n) is 0.886. The molecule has 0 aromatic heterocycles. The summed E-state index contributed by atoms with van der Waals surface area (Å²) in [5, 5.41) is 10.5. The maximum absolute atomic E-state index is 10.7. The number of rotatable bonds is 2. The van der Waals surface area contributed by atoms with Crippen molar-refractivity contribution in [1.29, 1.82) is 0 Å². The summed E-state index contributed by atoms with van der Waals surface area (Å²) in [5.41, 5.74) is -0.241. The summed E-state index contributed by atoms with van der Waals surface area (Å²) >= 11 is 3.06. The molecule has 0 unspecified atom stereocenters. The number of esters is 1. The highest BCUT2D eigenvalue weighted by atomic mass is 79.9. The molecule has 14 heavy (non-hydrogen) atoms. The van der Waals surface area contributed by atoms with Crippen LogP contribution in [0.25, 0.3) is 0 Å². The maximum atomic E-state index is 10.7. The molecule has 74 valence electrons. The van der Waals surface area contributed by atoms with E-state index in [0.29, 0.717) is 4.47 Å². The van der Waals surface area contributed by atoms with Crippen molar-refractivity contribution in [2.75, 3.05) is 0 Å². The Kier molecular flexibility index (Phi) is 3.19. The molecular formula is C8H6BrNO4. The lowest BCUT2D eigenvalue weighted by molar-refractivity contribution is -0.385. The van der Waals surface area contributed by atoms with E-state index in [1.165, 1.54) is 19.1 Å². The van der Waals surface area contributed by atoms with Gasteiger partial charge in [0.1, 0.15) is 0 Å². The third-order valence-electron chi connectivity index (χ3n) is 1.39. The van der Waals surface area contributed by atoms with Crippen molar-refractivity contribution in [2.45, 2.75) is 6.92 Å². The van der Waals surface area contributed by atoms with Gasteiger partial charge >= 0.3 is 11.7 Å². The third kappa shape index (κ3) is 2.29. The Morgan fingerprint density at radius 2 is 2.21 bits per heavy atom. The molecule has 0 amide bonds. The number of nitrogens with zero attached hydrogens (tertiary/aromatic N) is 1. The lowest BCUT2D eigenvalue weighted by Crippen LogP contribution is -2.04. The number of para-hydroxylation sites is 1. The first-order chi connectivity index (χ1) is 6.52. The molecule has 0 saturated carbocycles. The first-order valence-corrected chi connectivity index (χ1v) is 4.43. The molecule has 0 fully saturated rings. The van der Waals surface area contributed by atoms with Crippen LogP contribution in [0.5, 0.6) is 5.75 Å². The molecule has 1 aromatic rings. The molecule has 0 spiro atoms. The van der Waals surface area contributed by atoms with E-state index >= 15 is 0 Å². The van der Waals surface area contributed by atoms with E-state index in [2.05, 4.69) is 15.9 Å². The average Bonchev–Trinajstić information content (AvgIpc) is 2.07. The summed E-state index contributed by atoms with van der Waals surface area (Å²) in [5.74, 6) is -0.662. The third-order valence-corrected chi connectivity index (χ3v) is 2.01. The van der Waals surface area contributed by atoms with Crippen LogP contribution in [0.2, 0.25) is 0 Å². The molecule has 0 atom stereocenters. The van der Waals surface area contributed by atoms with Crippen LogP contribution < -0.4 is 4.74 Å². The van der Waals surface area contributed by atoms with Crippen molar-refractivity contribution in [3.63, 3.8) is 0 Å². The smallest absolute Gasteiger partial charge is 0.312 e. The summed E-state index contributed by atoms with van der Waals surface area (Å²) < 4.78 is 5.09. The molecule has 0 aliphatic heterocycles. The van der Waals surface area contributed by atoms with E-state index in [9.17, 15) is 14.9 Å². The molecule has 1 aromatic carbocycles. The number of carbonyl (C=O) groups excluding carboxylic acids is 1. The first-order valence-electron chi connectivity index (χ1n) is 3.63. The number of nitro groups is 1. The highest BCUT2D eigenvalue weighted by molar-refractivity contribution is 9.10. The van der Waals surface area contributed by atoms with E-state index in [4.69, 9.17) is 4.74 Å². The van der Waals surface area contributed by atoms with E-state index < -0.39 is 10.9 Å². The molecule has 0 heterocycles. The number of ether oxygens (including phenoxy) is 1. The normalized spacial score (nSPS) is 9.57. The average molecular weight is 260 g/mol. The van der Waals surface area contributed by atoms with Gasteiger partial charge in [-0.2, -0.15) is 0 Å². The number of nitro benzene ring substituents is 1. The minimum absolute atomic E-state index is 0.0648. The number of halogens is 1. The van der Waals surface area contributed by atoms with Crippen LogP contribution in [0.4, 0.5) is 5.69 Å². The van der Waals surface area contributed by atoms with Gasteiger partial charge in [-0.05, 0) is 22.0 Å². The minimum Gasteiger partial charge on any atom is -0.418 e. The first kappa shape index (κ1) is 10.6. The summed E-state index contributed by atoms with van der Waals surface area (Å²) in [4.78, 5) is 20.6. The van der Waals surface area contributed by atoms with Crippen molar-refractivity contribution >= 4 is 27.6 Å². The fourth-order valence-corrected chi connectivity index (χ4v) is 1.32. The molecule has 0 aliphatic carbocycles. The number of carbonyl (C=O) groups is 1. The Morgan fingerprint density at radius 1 is 1.57 bits per heavy atom. The van der Waals surface area contributed by atoms with Crippen LogP contribution in [0.3, 0.4) is 0 Å². The van der Waals surface area contributed by atoms with Crippen LogP contribution >= 0.6 is 15.9 Å². The number of benzene rings is 1. The number of hydrogen-bond acceptors (Lipinski definition) is 4. The predicted molar refractivity (Wildman–Crippen MR) is 52.1 cm³/mol. The quantitative estimate of drug-likeness (QED) is 0.354. The Hall–Kier alpha value is -1.43. The molecule has 0 N–H and O–H groups in total. The van der Waals surface area contributed by atoms with Crippen molar-refractivity contribution in [3.8, 4) is 5.75 Å². The van der Waals surface area contributed by atoms with E-state index in [1.807, 2.05) is 0 Å². The Labute approximate surface area is 88.0 Å². The molecule has 0 radical (unpaired) electrons. The topological polar surface area (TPSA) is 69.4 Å². The van der Waals surface area contributed by atoms with Gasteiger partial charge in [-0.25, -0.2) is 0 Å². The lowest BCUT2D eigenvalue weighted by atomic mass is 10.3. The second-order valence-electron chi connectivity index (χ2n) is 2.44. The van der Waals surface area contributed by atoms with Gasteiger partial charge in [-0.3, -0.25) is 14.9 Å². The van der Waals surface area contributed by atoms with Crippen LogP contribution in [0, 0.1) is 10.1 Å². The Morgan fingerprint density at radius 3 is 2.71 bits per heavy atom. The Bertz CT molecular complexity index is 391. The van der Waals surface area contributed by atoms with Crippen molar-refractivity contribution in [3.05, 3.63) is 32.8 Å². The van der Waals surface area contributed by atoms with Gasteiger partial charge in [0.05, 0.1) is 9.40 Å². The highest BCUT2D eigenvalue weighted by Gasteiger charge is 2.19. The van der Waals surface area contributed by atoms with Crippen LogP contribution in [0.15, 0.2) is 22.7 Å². The lowest BCUT2D eigenvalue weighted by Gasteiger charge is -2.03. The second-order valence-corrected chi connectivity index (χ2v) is 3.29. The summed E-state index contributed by atoms with van der Waals surface area (Å²) in [6.45, 7) is 1.18. The zero-order valence-electron chi connectivity index (χ0n) is 7.19. The standard InChI is InChI=1S/C8H6BrNO4/c1-5(11)14-8-6(9)3-2-4-7(8)10(12)13/h2-4H,1H3. The second kappa shape index (κ2) is 4.19. The Balaban J connectivity index is 3.22. The fraction of sp³-hybridized carbons (Fsp3) is 0.125. The minimum atomic E-state index is -0.608. The van der Waals surface area contributed by atoms with E-state index in [-0.39, 0.29) is 11.4 Å². The zero-order valence-corrected chi connectivity index (χ0v) is 8.78. The molecular weight excluding hydrogens is 254 g/mol. The van der Waals surface area contributed by atoms with Gasteiger partial charge < -0.3 is 4.74 Å². The van der Waals surface area contributed by atoms with Gasteiger partial charge in [-0.15, -0.1) is 0 Å². The molecule has 0 bridgehead atoms. The molecule has 0 aliphatic rings. The van der Waals surface area contributed by atoms with Gasteiger partial charge in [0.25, 0.3) is 0 Å². The van der Waals surface area contributed by atoms with Crippen molar-refractivity contribution in [1.82, 2.24) is 0 Å². The maximum Gasteiger partial charge on any atom is 0.312 e. The molecule has 5 nitrogen and oxygen atoms in total. The SMILES string of the molecule is CC(=O)Oc1c(Br)cccc1[N+](=O)[O-]. The summed E-state index contributed by atoms with van der Waals surface area (Å²) in [6.07, 6.45) is 0. The number of hydrogen-bond donors (Lipinski definition) is 0. The van der Waals surface area contributed by atoms with Crippen molar-refractivity contribution in [2.24, 2.45) is 0 Å². The van der Waals surface area contributed by atoms with E-state index in [1.54, 1.807) is 6.07 Å². The zero-order chi connectivity index (χ0) is 10.7. The molecule has 0 saturated heterocycles. The molecule has 6 heteroatoms. The summed E-state index contributed by atoms with van der Waals surface area (Å²) in [7, 11) is 0. The largest absolute Gasteiger partial charge is 0.418 e. The van der Waals surface area contributed by atoms with Crippen LogP contribution in [-0.4, -0.2) is 10.9 Å². The van der Waals surface area contributed by atoms with Crippen molar-refractivity contribution < 1.29 is 14.5 Å². The highest BCUT2D eigenvalue weighted by Crippen LogP contribution is 2.34. The van der Waals surface area contributed by atoms with Gasteiger partial charge in [0, 0.05) is 13.0 Å². The van der Waals surface area contributed by atoms with Gasteiger partial charge in [0.15, 0.2) is 0 Å². The van der Waals surface area contributed by atoms with Crippen LogP contribution in [-0.2, 0) is 4.79 Å². The molecule has 1 rings (SSSR count). The summed E-state index contributed by atoms with van der Waals surface area (Å²) in [6, 6.07) is 4.32. The van der Waals surface area contributed by atoms with E-state index in [0.717, 1.165) is 0 Å². The monoisotopic (exact) mass is 259 g/mol. The van der Waals surface area contributed by atoms with Crippen LogP contribution in [0.1, 0.15) is 6.92 Å². The van der Waals surface area contributed by atoms with Gasteiger partial charge in [-0.1, -0.05) is 6.07 Å².